The van der Waals surface area contributed by atoms with E-state index in [1.54, 1.807) is 6.08 Å². The highest BCUT2D eigenvalue weighted by Gasteiger charge is 2.10. The number of fused-ring (bicyclic) bond motifs is 1. The van der Waals surface area contributed by atoms with Crippen LogP contribution in [0.15, 0.2) is 49.2 Å². The quantitative estimate of drug-likeness (QED) is 0.547. The van der Waals surface area contributed by atoms with Gasteiger partial charge in [-0.3, -0.25) is 0 Å². The Labute approximate surface area is 89.4 Å². The highest BCUT2D eigenvalue weighted by molar-refractivity contribution is 5.81. The highest BCUT2D eigenvalue weighted by Crippen LogP contribution is 2.21. The molecule has 2 nitrogen and oxygen atoms in total. The van der Waals surface area contributed by atoms with E-state index >= 15 is 0 Å². The normalized spacial score (nSPS) is 10.2. The number of pyridine rings is 1. The second-order valence-electron chi connectivity index (χ2n) is 3.41. The molecular formula is C13H14NO+. The van der Waals surface area contributed by atoms with E-state index in [9.17, 15) is 0 Å². The molecule has 0 aliphatic heterocycles. The smallest absolute Gasteiger partial charge is 0.254 e. The third-order valence-electron chi connectivity index (χ3n) is 2.33. The Morgan fingerprint density at radius 1 is 1.33 bits per heavy atom. The molecule has 0 bridgehead atoms. The Kier molecular flexibility index (Phi) is 2.68. The van der Waals surface area contributed by atoms with Gasteiger partial charge in [0.25, 0.3) is 5.52 Å². The summed E-state index contributed by atoms with van der Waals surface area (Å²) in [5, 5.41) is 1.18. The molecule has 1 heterocycles. The summed E-state index contributed by atoms with van der Waals surface area (Å²) in [6.07, 6.45) is 3.77. The second-order valence-corrected chi connectivity index (χ2v) is 3.41. The minimum absolute atomic E-state index is 0.536. The van der Waals surface area contributed by atoms with Gasteiger partial charge in [0.1, 0.15) is 13.7 Å². The van der Waals surface area contributed by atoms with Crippen LogP contribution in [-0.2, 0) is 7.05 Å². The topological polar surface area (TPSA) is 13.1 Å². The molecule has 0 atom stereocenters. The zero-order chi connectivity index (χ0) is 10.7. The summed E-state index contributed by atoms with van der Waals surface area (Å²) in [6, 6.07) is 10.2. The van der Waals surface area contributed by atoms with Gasteiger partial charge in [-0.25, -0.2) is 0 Å². The van der Waals surface area contributed by atoms with Gasteiger partial charge in [0.2, 0.25) is 0 Å². The number of para-hydroxylation sites is 1. The van der Waals surface area contributed by atoms with E-state index in [-0.39, 0.29) is 0 Å². The monoisotopic (exact) mass is 200 g/mol. The van der Waals surface area contributed by atoms with Crippen molar-refractivity contribution in [3.63, 3.8) is 0 Å². The van der Waals surface area contributed by atoms with E-state index in [0.717, 1.165) is 11.3 Å². The third kappa shape index (κ3) is 1.84. The molecule has 0 N–H and O–H groups in total. The van der Waals surface area contributed by atoms with Crippen molar-refractivity contribution in [1.29, 1.82) is 0 Å². The Morgan fingerprint density at radius 2 is 2.13 bits per heavy atom. The number of nitrogens with zero attached hydrogens (tertiary/aromatic N) is 1. The van der Waals surface area contributed by atoms with E-state index in [4.69, 9.17) is 4.74 Å². The first-order valence-electron chi connectivity index (χ1n) is 4.94. The summed E-state index contributed by atoms with van der Waals surface area (Å²) in [5.74, 6) is 0.899. The van der Waals surface area contributed by atoms with E-state index in [0.29, 0.717) is 6.61 Å². The molecule has 2 aromatic rings. The number of rotatable bonds is 3. The molecule has 0 aliphatic rings. The lowest BCUT2D eigenvalue weighted by Gasteiger charge is -2.04. The maximum Gasteiger partial charge on any atom is 0.254 e. The number of ether oxygens (including phenoxy) is 1. The fraction of sp³-hybridized carbons (Fsp3) is 0.154. The van der Waals surface area contributed by atoms with Gasteiger partial charge in [-0.2, -0.15) is 4.57 Å². The van der Waals surface area contributed by atoms with Crippen molar-refractivity contribution in [2.24, 2.45) is 7.05 Å². The van der Waals surface area contributed by atoms with Crippen LogP contribution in [0.3, 0.4) is 0 Å². The van der Waals surface area contributed by atoms with Crippen LogP contribution in [0.5, 0.6) is 5.75 Å². The summed E-state index contributed by atoms with van der Waals surface area (Å²) in [6.45, 7) is 4.18. The minimum atomic E-state index is 0.536. The number of benzene rings is 1. The molecule has 2 heteroatoms. The van der Waals surface area contributed by atoms with Crippen molar-refractivity contribution < 1.29 is 9.30 Å². The third-order valence-corrected chi connectivity index (χ3v) is 2.33. The van der Waals surface area contributed by atoms with Crippen molar-refractivity contribution in [2.75, 3.05) is 6.61 Å². The Hall–Kier alpha value is -1.83. The maximum atomic E-state index is 5.61. The van der Waals surface area contributed by atoms with E-state index < -0.39 is 0 Å². The van der Waals surface area contributed by atoms with E-state index in [1.807, 2.05) is 31.4 Å². The van der Waals surface area contributed by atoms with Gasteiger partial charge in [0.05, 0.1) is 5.39 Å². The van der Waals surface area contributed by atoms with Crippen LogP contribution in [0.2, 0.25) is 0 Å². The number of hydrogen-bond donors (Lipinski definition) is 0. The standard InChI is InChI=1S/C13H14NO/c1-3-10-15-12-8-4-6-11-7-5-9-14(2)13(11)12/h3-9H,1,10H2,2H3/q+1. The van der Waals surface area contributed by atoms with Gasteiger partial charge in [-0.15, -0.1) is 0 Å². The summed E-state index contributed by atoms with van der Waals surface area (Å²) < 4.78 is 7.67. The van der Waals surface area contributed by atoms with Crippen LogP contribution in [0.1, 0.15) is 0 Å². The van der Waals surface area contributed by atoms with Crippen molar-refractivity contribution in [2.45, 2.75) is 0 Å². The van der Waals surface area contributed by atoms with E-state index in [2.05, 4.69) is 23.3 Å². The first-order valence-corrected chi connectivity index (χ1v) is 4.94. The Bertz CT molecular complexity index is 486. The lowest BCUT2D eigenvalue weighted by molar-refractivity contribution is -0.645. The van der Waals surface area contributed by atoms with Crippen molar-refractivity contribution in [1.82, 2.24) is 0 Å². The van der Waals surface area contributed by atoms with Gasteiger partial charge in [-0.05, 0) is 18.2 Å². The molecule has 0 aliphatic carbocycles. The van der Waals surface area contributed by atoms with Gasteiger partial charge < -0.3 is 4.74 Å². The molecule has 0 fully saturated rings. The SMILES string of the molecule is C=CCOc1cccc2ccc[n+](C)c12. The highest BCUT2D eigenvalue weighted by atomic mass is 16.5. The summed E-state index contributed by atoms with van der Waals surface area (Å²) in [5.41, 5.74) is 1.11. The molecule has 0 saturated heterocycles. The minimum Gasteiger partial charge on any atom is -0.483 e. The van der Waals surface area contributed by atoms with Crippen LogP contribution in [0.25, 0.3) is 10.9 Å². The van der Waals surface area contributed by atoms with Crippen LogP contribution in [-0.4, -0.2) is 6.61 Å². The molecule has 15 heavy (non-hydrogen) atoms. The van der Waals surface area contributed by atoms with Gasteiger partial charge >= 0.3 is 0 Å². The fourth-order valence-electron chi connectivity index (χ4n) is 1.67. The molecule has 0 spiro atoms. The van der Waals surface area contributed by atoms with Crippen molar-refractivity contribution in [3.05, 3.63) is 49.2 Å². The number of aryl methyl sites for hydroxylation is 1. The van der Waals surface area contributed by atoms with Crippen LogP contribution >= 0.6 is 0 Å². The molecule has 0 unspecified atom stereocenters. The molecular weight excluding hydrogens is 186 g/mol. The predicted octanol–water partition coefficient (Wildman–Crippen LogP) is 2.23. The van der Waals surface area contributed by atoms with Crippen LogP contribution < -0.4 is 9.30 Å². The van der Waals surface area contributed by atoms with Crippen LogP contribution in [0.4, 0.5) is 0 Å². The van der Waals surface area contributed by atoms with Gasteiger partial charge in [0, 0.05) is 6.07 Å². The Morgan fingerprint density at radius 3 is 2.93 bits per heavy atom. The average Bonchev–Trinajstić information content (AvgIpc) is 2.26. The second kappa shape index (κ2) is 4.13. The van der Waals surface area contributed by atoms with Crippen molar-refractivity contribution >= 4 is 10.9 Å². The maximum absolute atomic E-state index is 5.61. The lowest BCUT2D eigenvalue weighted by Crippen LogP contribution is -2.28. The van der Waals surface area contributed by atoms with Gasteiger partial charge in [-0.1, -0.05) is 18.7 Å². The van der Waals surface area contributed by atoms with Gasteiger partial charge in [0.15, 0.2) is 11.9 Å². The fourth-order valence-corrected chi connectivity index (χ4v) is 1.67. The first-order chi connectivity index (χ1) is 7.33. The van der Waals surface area contributed by atoms with E-state index in [1.165, 1.54) is 5.39 Å². The summed E-state index contributed by atoms with van der Waals surface area (Å²) >= 11 is 0. The molecule has 1 aromatic carbocycles. The molecule has 76 valence electrons. The summed E-state index contributed by atoms with van der Waals surface area (Å²) in [4.78, 5) is 0. The van der Waals surface area contributed by atoms with Crippen molar-refractivity contribution in [3.8, 4) is 5.75 Å². The zero-order valence-corrected chi connectivity index (χ0v) is 8.81. The molecule has 0 saturated carbocycles. The molecule has 1 aromatic heterocycles. The number of aromatic nitrogens is 1. The molecule has 0 radical (unpaired) electrons. The van der Waals surface area contributed by atoms with Crippen LogP contribution in [0, 0.1) is 0 Å². The predicted molar refractivity (Wildman–Crippen MR) is 60.8 cm³/mol. The number of hydrogen-bond acceptors (Lipinski definition) is 1. The lowest BCUT2D eigenvalue weighted by atomic mass is 10.2. The largest absolute Gasteiger partial charge is 0.483 e. The molecule has 2 rings (SSSR count). The Balaban J connectivity index is 2.58. The summed E-state index contributed by atoms with van der Waals surface area (Å²) in [7, 11) is 2.02. The first kappa shape index (κ1) is 9.71. The molecule has 0 amide bonds. The average molecular weight is 200 g/mol. The zero-order valence-electron chi connectivity index (χ0n) is 8.81.